The van der Waals surface area contributed by atoms with Crippen molar-refractivity contribution in [3.63, 3.8) is 0 Å². The number of sulfonamides is 1. The van der Waals surface area contributed by atoms with E-state index in [1.165, 1.54) is 10.6 Å². The van der Waals surface area contributed by atoms with Gasteiger partial charge in [0.2, 0.25) is 21.8 Å². The highest BCUT2D eigenvalue weighted by molar-refractivity contribution is 7.92. The van der Waals surface area contributed by atoms with Crippen molar-refractivity contribution in [2.75, 3.05) is 17.1 Å². The Labute approximate surface area is 252 Å². The molecule has 3 aromatic rings. The fraction of sp³-hybridized carbons (Fsp3) is 0.412. The van der Waals surface area contributed by atoms with Crippen LogP contribution in [0.25, 0.3) is 0 Å². The first-order valence-corrected chi connectivity index (χ1v) is 16.5. The van der Waals surface area contributed by atoms with Crippen LogP contribution in [0.5, 0.6) is 0 Å². The predicted molar refractivity (Wildman–Crippen MR) is 171 cm³/mol. The Hall–Kier alpha value is -3.65. The van der Waals surface area contributed by atoms with Crippen LogP contribution in [0.15, 0.2) is 72.8 Å². The Kier molecular flexibility index (Phi) is 11.7. The molecule has 0 heterocycles. The zero-order valence-electron chi connectivity index (χ0n) is 25.8. The van der Waals surface area contributed by atoms with E-state index in [-0.39, 0.29) is 37.4 Å². The zero-order chi connectivity index (χ0) is 30.9. The number of benzene rings is 3. The highest BCUT2D eigenvalue weighted by atomic mass is 32.2. The third-order valence-corrected chi connectivity index (χ3v) is 8.92. The molecule has 1 N–H and O–H groups in total. The van der Waals surface area contributed by atoms with Gasteiger partial charge in [0.1, 0.15) is 6.04 Å². The second kappa shape index (κ2) is 15.0. The summed E-state index contributed by atoms with van der Waals surface area (Å²) in [7, 11) is -3.57. The number of carbonyl (C=O) groups is 2. The maximum atomic E-state index is 14.0. The smallest absolute Gasteiger partial charge is 0.243 e. The Morgan fingerprint density at radius 3 is 2.17 bits per heavy atom. The molecule has 7 nitrogen and oxygen atoms in total. The highest BCUT2D eigenvalue weighted by Crippen LogP contribution is 2.26. The summed E-state index contributed by atoms with van der Waals surface area (Å²) in [5.74, 6) is -0.382. The fourth-order valence-electron chi connectivity index (χ4n) is 4.87. The summed E-state index contributed by atoms with van der Waals surface area (Å²) in [6.45, 7) is 10.3. The maximum Gasteiger partial charge on any atom is 0.243 e. The minimum absolute atomic E-state index is 0.0343. The number of carbonyl (C=O) groups excluding carboxylic acids is 2. The molecular weight excluding hydrogens is 546 g/mol. The van der Waals surface area contributed by atoms with E-state index in [1.54, 1.807) is 11.0 Å². The summed E-state index contributed by atoms with van der Waals surface area (Å²) in [5, 5.41) is 3.09. The average Bonchev–Trinajstić information content (AvgIpc) is 2.95. The number of nitrogens with zero attached hydrogens (tertiary/aromatic N) is 2. The molecule has 0 aliphatic heterocycles. The van der Waals surface area contributed by atoms with Crippen LogP contribution in [0.4, 0.5) is 5.69 Å². The molecule has 0 unspecified atom stereocenters. The molecule has 8 heteroatoms. The van der Waals surface area contributed by atoms with Gasteiger partial charge in [-0.05, 0) is 68.9 Å². The van der Waals surface area contributed by atoms with Crippen molar-refractivity contribution in [3.8, 4) is 0 Å². The van der Waals surface area contributed by atoms with E-state index in [1.807, 2.05) is 101 Å². The summed E-state index contributed by atoms with van der Waals surface area (Å²) < 4.78 is 26.9. The molecule has 42 heavy (non-hydrogen) atoms. The molecule has 0 aromatic heterocycles. The van der Waals surface area contributed by atoms with E-state index in [0.717, 1.165) is 34.2 Å². The van der Waals surface area contributed by atoms with Crippen LogP contribution >= 0.6 is 0 Å². The number of hydrogen-bond acceptors (Lipinski definition) is 4. The van der Waals surface area contributed by atoms with E-state index >= 15 is 0 Å². The highest BCUT2D eigenvalue weighted by Gasteiger charge is 2.31. The summed E-state index contributed by atoms with van der Waals surface area (Å²) >= 11 is 0. The normalized spacial score (nSPS) is 12.8. The van der Waals surface area contributed by atoms with Crippen molar-refractivity contribution >= 4 is 27.5 Å². The van der Waals surface area contributed by atoms with Crippen molar-refractivity contribution in [2.24, 2.45) is 0 Å². The molecule has 0 saturated heterocycles. The van der Waals surface area contributed by atoms with Crippen LogP contribution in [0.3, 0.4) is 0 Å². The van der Waals surface area contributed by atoms with E-state index in [9.17, 15) is 18.0 Å². The van der Waals surface area contributed by atoms with Crippen molar-refractivity contribution in [3.05, 3.63) is 101 Å². The summed E-state index contributed by atoms with van der Waals surface area (Å²) in [6.07, 6.45) is 2.75. The Morgan fingerprint density at radius 1 is 0.881 bits per heavy atom. The van der Waals surface area contributed by atoms with Gasteiger partial charge in [0.15, 0.2) is 0 Å². The molecule has 2 amide bonds. The van der Waals surface area contributed by atoms with Gasteiger partial charge in [0.25, 0.3) is 0 Å². The largest absolute Gasteiger partial charge is 0.352 e. The number of amides is 2. The number of aryl methyl sites for hydroxylation is 2. The predicted octanol–water partition coefficient (Wildman–Crippen LogP) is 5.71. The van der Waals surface area contributed by atoms with Crippen LogP contribution in [-0.2, 0) is 32.6 Å². The van der Waals surface area contributed by atoms with Crippen LogP contribution < -0.4 is 9.62 Å². The van der Waals surface area contributed by atoms with E-state index < -0.39 is 16.1 Å². The number of rotatable bonds is 14. The average molecular weight is 592 g/mol. The topological polar surface area (TPSA) is 86.8 Å². The summed E-state index contributed by atoms with van der Waals surface area (Å²) in [6, 6.07) is 22.5. The number of nitrogens with one attached hydrogen (secondary N) is 1. The first-order valence-electron chi connectivity index (χ1n) is 14.6. The van der Waals surface area contributed by atoms with Crippen LogP contribution in [0.2, 0.25) is 0 Å². The Balaban J connectivity index is 1.90. The molecule has 0 spiro atoms. The van der Waals surface area contributed by atoms with E-state index in [0.29, 0.717) is 18.5 Å². The number of hydrogen-bond donors (Lipinski definition) is 1. The van der Waals surface area contributed by atoms with Gasteiger partial charge < -0.3 is 10.2 Å². The lowest BCUT2D eigenvalue weighted by Crippen LogP contribution is -2.52. The maximum absolute atomic E-state index is 14.0. The van der Waals surface area contributed by atoms with E-state index in [4.69, 9.17) is 0 Å². The zero-order valence-corrected chi connectivity index (χ0v) is 26.6. The van der Waals surface area contributed by atoms with Crippen molar-refractivity contribution in [2.45, 2.75) is 78.9 Å². The van der Waals surface area contributed by atoms with E-state index in [2.05, 4.69) is 5.32 Å². The second-order valence-electron chi connectivity index (χ2n) is 11.2. The molecule has 0 radical (unpaired) electrons. The van der Waals surface area contributed by atoms with Gasteiger partial charge in [-0.2, -0.15) is 0 Å². The van der Waals surface area contributed by atoms with Gasteiger partial charge in [0.05, 0.1) is 11.9 Å². The molecule has 0 aliphatic rings. The Bertz CT molecular complexity index is 1440. The molecule has 0 fully saturated rings. The van der Waals surface area contributed by atoms with Crippen molar-refractivity contribution in [1.29, 1.82) is 0 Å². The quantitative estimate of drug-likeness (QED) is 0.260. The third kappa shape index (κ3) is 9.18. The lowest BCUT2D eigenvalue weighted by molar-refractivity contribution is -0.141. The van der Waals surface area contributed by atoms with Gasteiger partial charge in [-0.25, -0.2) is 8.42 Å². The van der Waals surface area contributed by atoms with Crippen LogP contribution in [0.1, 0.15) is 60.9 Å². The van der Waals surface area contributed by atoms with Crippen molar-refractivity contribution in [1.82, 2.24) is 10.2 Å². The van der Waals surface area contributed by atoms with Gasteiger partial charge in [-0.1, -0.05) is 79.2 Å². The third-order valence-electron chi connectivity index (χ3n) is 7.74. The summed E-state index contributed by atoms with van der Waals surface area (Å²) in [4.78, 5) is 29.3. The molecule has 3 rings (SSSR count). The Morgan fingerprint density at radius 2 is 1.55 bits per heavy atom. The SMILES string of the molecule is CC[C@H](C)NC(=O)[C@H](Cc1ccccc1)N(Cc1ccc(C)cc1)C(=O)CCCN(c1cccc(C)c1C)S(C)(=O)=O. The molecule has 226 valence electrons. The van der Waals surface area contributed by atoms with Gasteiger partial charge >= 0.3 is 0 Å². The van der Waals surface area contributed by atoms with Gasteiger partial charge in [-0.3, -0.25) is 13.9 Å². The second-order valence-corrected chi connectivity index (χ2v) is 13.1. The monoisotopic (exact) mass is 591 g/mol. The summed E-state index contributed by atoms with van der Waals surface area (Å²) in [5.41, 5.74) is 5.51. The minimum Gasteiger partial charge on any atom is -0.352 e. The molecule has 0 saturated carbocycles. The standard InChI is InChI=1S/C34H45N3O4S/c1-7-27(4)35-34(39)32(23-29-14-9-8-10-15-29)36(24-30-20-18-25(2)19-21-30)33(38)17-12-22-37(42(6,40)41)31-16-11-13-26(3)28(31)5/h8-11,13-16,18-21,27,32H,7,12,17,22-24H2,1-6H3,(H,35,39)/t27-,32-/m0/s1. The van der Waals surface area contributed by atoms with Gasteiger partial charge in [0, 0.05) is 32.0 Å². The minimum atomic E-state index is -3.57. The first kappa shape index (κ1) is 32.9. The lowest BCUT2D eigenvalue weighted by Gasteiger charge is -2.33. The molecule has 3 aromatic carbocycles. The first-order chi connectivity index (χ1) is 19.9. The molecule has 0 aliphatic carbocycles. The molecule has 0 bridgehead atoms. The van der Waals surface area contributed by atoms with Crippen molar-refractivity contribution < 1.29 is 18.0 Å². The fourth-order valence-corrected chi connectivity index (χ4v) is 5.89. The molecule has 2 atom stereocenters. The number of anilines is 1. The van der Waals surface area contributed by atoms with Crippen LogP contribution in [0, 0.1) is 20.8 Å². The lowest BCUT2D eigenvalue weighted by atomic mass is 10.0. The van der Waals surface area contributed by atoms with Gasteiger partial charge in [-0.15, -0.1) is 0 Å². The molecular formula is C34H45N3O4S. The van der Waals surface area contributed by atoms with Crippen LogP contribution in [-0.4, -0.2) is 50.0 Å².